The van der Waals surface area contributed by atoms with Gasteiger partial charge in [0.05, 0.1) is 0 Å². The van der Waals surface area contributed by atoms with Crippen molar-refractivity contribution in [3.63, 3.8) is 0 Å². The first-order chi connectivity index (χ1) is 12.4. The van der Waals surface area contributed by atoms with E-state index in [1.165, 1.54) is 5.56 Å². The highest BCUT2D eigenvalue weighted by Crippen LogP contribution is 2.19. The molecule has 2 heterocycles. The minimum absolute atomic E-state index is 0.0543. The number of aryl methyl sites for hydroxylation is 2. The number of carbonyl (C=O) groups excluding carboxylic acids is 1. The summed E-state index contributed by atoms with van der Waals surface area (Å²) in [5.41, 5.74) is 2.00. The van der Waals surface area contributed by atoms with Crippen LogP contribution in [0.2, 0.25) is 0 Å². The Labute approximate surface area is 154 Å². The number of anilines is 3. The molecule has 1 N–H and O–H groups in total. The SMILES string of the molecule is Cc1ccc(NC(=O)N2CCN(c3cc(N(C)C)nc(C)n3)CC2)cc1. The molecule has 0 saturated carbocycles. The summed E-state index contributed by atoms with van der Waals surface area (Å²) < 4.78 is 0. The van der Waals surface area contributed by atoms with Crippen LogP contribution in [0.3, 0.4) is 0 Å². The topological polar surface area (TPSA) is 64.6 Å². The number of nitrogens with zero attached hydrogens (tertiary/aromatic N) is 5. The van der Waals surface area contributed by atoms with Crippen LogP contribution in [-0.4, -0.2) is 61.2 Å². The van der Waals surface area contributed by atoms with Gasteiger partial charge in [0, 0.05) is 52.0 Å². The molecule has 7 heteroatoms. The molecule has 0 unspecified atom stereocenters. The molecule has 0 spiro atoms. The molecule has 0 radical (unpaired) electrons. The van der Waals surface area contributed by atoms with Crippen LogP contribution < -0.4 is 15.1 Å². The molecule has 0 aliphatic carbocycles. The Kier molecular flexibility index (Phi) is 5.25. The van der Waals surface area contributed by atoms with E-state index in [0.717, 1.165) is 36.2 Å². The van der Waals surface area contributed by atoms with E-state index in [0.29, 0.717) is 13.1 Å². The van der Waals surface area contributed by atoms with Crippen LogP contribution in [0.15, 0.2) is 30.3 Å². The Morgan fingerprint density at radius 2 is 1.69 bits per heavy atom. The van der Waals surface area contributed by atoms with E-state index < -0.39 is 0 Å². The minimum atomic E-state index is -0.0543. The molecule has 7 nitrogen and oxygen atoms in total. The van der Waals surface area contributed by atoms with Gasteiger partial charge in [0.1, 0.15) is 17.5 Å². The summed E-state index contributed by atoms with van der Waals surface area (Å²) in [6.45, 7) is 6.77. The number of nitrogens with one attached hydrogen (secondary N) is 1. The molecule has 1 aliphatic heterocycles. The highest BCUT2D eigenvalue weighted by molar-refractivity contribution is 5.89. The Bertz CT molecular complexity index is 766. The van der Waals surface area contributed by atoms with Crippen molar-refractivity contribution in [3.05, 3.63) is 41.7 Å². The van der Waals surface area contributed by atoms with Crippen LogP contribution in [0, 0.1) is 13.8 Å². The maximum absolute atomic E-state index is 12.5. The molecule has 1 saturated heterocycles. The minimum Gasteiger partial charge on any atom is -0.363 e. The molecule has 138 valence electrons. The molecule has 1 fully saturated rings. The molecular formula is C19H26N6O. The highest BCUT2D eigenvalue weighted by atomic mass is 16.2. The van der Waals surface area contributed by atoms with E-state index in [2.05, 4.69) is 20.2 Å². The van der Waals surface area contributed by atoms with Gasteiger partial charge in [-0.05, 0) is 26.0 Å². The van der Waals surface area contributed by atoms with Crippen LogP contribution in [-0.2, 0) is 0 Å². The Hall–Kier alpha value is -2.83. The van der Waals surface area contributed by atoms with Gasteiger partial charge >= 0.3 is 6.03 Å². The van der Waals surface area contributed by atoms with Crippen molar-refractivity contribution < 1.29 is 4.79 Å². The van der Waals surface area contributed by atoms with Crippen molar-refractivity contribution in [2.24, 2.45) is 0 Å². The van der Waals surface area contributed by atoms with Crippen LogP contribution in [0.5, 0.6) is 0 Å². The fourth-order valence-corrected chi connectivity index (χ4v) is 2.91. The van der Waals surface area contributed by atoms with Gasteiger partial charge in [0.15, 0.2) is 0 Å². The third kappa shape index (κ3) is 4.22. The summed E-state index contributed by atoms with van der Waals surface area (Å²) in [6.07, 6.45) is 0. The third-order valence-corrected chi connectivity index (χ3v) is 4.46. The number of piperazine rings is 1. The van der Waals surface area contributed by atoms with Crippen LogP contribution >= 0.6 is 0 Å². The van der Waals surface area contributed by atoms with E-state index in [1.807, 2.05) is 68.1 Å². The molecule has 1 aromatic carbocycles. The van der Waals surface area contributed by atoms with E-state index in [4.69, 9.17) is 0 Å². The van der Waals surface area contributed by atoms with Gasteiger partial charge in [0.2, 0.25) is 0 Å². The van der Waals surface area contributed by atoms with Gasteiger partial charge in [-0.1, -0.05) is 17.7 Å². The predicted molar refractivity (Wildman–Crippen MR) is 105 cm³/mol. The smallest absolute Gasteiger partial charge is 0.321 e. The second-order valence-electron chi connectivity index (χ2n) is 6.80. The van der Waals surface area contributed by atoms with Gasteiger partial charge in [-0.15, -0.1) is 0 Å². The van der Waals surface area contributed by atoms with Gasteiger partial charge in [0.25, 0.3) is 0 Å². The number of carbonyl (C=O) groups is 1. The zero-order valence-corrected chi connectivity index (χ0v) is 15.9. The molecule has 0 bridgehead atoms. The number of hydrogen-bond acceptors (Lipinski definition) is 5. The number of amides is 2. The summed E-state index contributed by atoms with van der Waals surface area (Å²) in [4.78, 5) is 27.5. The van der Waals surface area contributed by atoms with Crippen molar-refractivity contribution in [3.8, 4) is 0 Å². The van der Waals surface area contributed by atoms with E-state index in [9.17, 15) is 4.79 Å². The van der Waals surface area contributed by atoms with Crippen LogP contribution in [0.4, 0.5) is 22.1 Å². The number of urea groups is 1. The number of aromatic nitrogens is 2. The quantitative estimate of drug-likeness (QED) is 0.917. The normalized spacial score (nSPS) is 14.3. The number of benzene rings is 1. The summed E-state index contributed by atoms with van der Waals surface area (Å²) in [5.74, 6) is 2.57. The van der Waals surface area contributed by atoms with Crippen molar-refractivity contribution in [1.82, 2.24) is 14.9 Å². The largest absolute Gasteiger partial charge is 0.363 e. The van der Waals surface area contributed by atoms with E-state index in [-0.39, 0.29) is 6.03 Å². The molecular weight excluding hydrogens is 328 g/mol. The fourth-order valence-electron chi connectivity index (χ4n) is 2.91. The van der Waals surface area contributed by atoms with E-state index in [1.54, 1.807) is 0 Å². The van der Waals surface area contributed by atoms with Crippen molar-refractivity contribution in [2.45, 2.75) is 13.8 Å². The summed E-state index contributed by atoms with van der Waals surface area (Å²) in [7, 11) is 3.94. The Balaban J connectivity index is 1.60. The lowest BCUT2D eigenvalue weighted by molar-refractivity contribution is 0.208. The first-order valence-corrected chi connectivity index (χ1v) is 8.83. The van der Waals surface area contributed by atoms with Crippen LogP contribution in [0.25, 0.3) is 0 Å². The molecule has 2 amide bonds. The van der Waals surface area contributed by atoms with E-state index >= 15 is 0 Å². The van der Waals surface area contributed by atoms with Gasteiger partial charge in [-0.25, -0.2) is 14.8 Å². The maximum atomic E-state index is 12.5. The highest BCUT2D eigenvalue weighted by Gasteiger charge is 2.22. The van der Waals surface area contributed by atoms with Gasteiger partial charge in [-0.3, -0.25) is 0 Å². The lowest BCUT2D eigenvalue weighted by atomic mass is 10.2. The summed E-state index contributed by atoms with van der Waals surface area (Å²) in [6, 6.07) is 9.78. The molecule has 1 aliphatic rings. The maximum Gasteiger partial charge on any atom is 0.321 e. The zero-order valence-electron chi connectivity index (χ0n) is 15.9. The predicted octanol–water partition coefficient (Wildman–Crippen LogP) is 2.51. The number of hydrogen-bond donors (Lipinski definition) is 1. The molecule has 26 heavy (non-hydrogen) atoms. The van der Waals surface area contributed by atoms with Crippen LogP contribution in [0.1, 0.15) is 11.4 Å². The van der Waals surface area contributed by atoms with Gasteiger partial charge in [-0.2, -0.15) is 0 Å². The lowest BCUT2D eigenvalue weighted by Gasteiger charge is -2.35. The van der Waals surface area contributed by atoms with Crippen molar-refractivity contribution in [2.75, 3.05) is 55.4 Å². The summed E-state index contributed by atoms with van der Waals surface area (Å²) >= 11 is 0. The second-order valence-corrected chi connectivity index (χ2v) is 6.80. The first-order valence-electron chi connectivity index (χ1n) is 8.83. The molecule has 0 atom stereocenters. The standard InChI is InChI=1S/C19H26N6O/c1-14-5-7-16(8-6-14)22-19(26)25-11-9-24(10-12-25)18-13-17(23(3)4)20-15(2)21-18/h5-8,13H,9-12H2,1-4H3,(H,22,26). The molecule has 3 rings (SSSR count). The third-order valence-electron chi connectivity index (χ3n) is 4.46. The molecule has 2 aromatic rings. The monoisotopic (exact) mass is 354 g/mol. The second kappa shape index (κ2) is 7.59. The first kappa shape index (κ1) is 18.0. The number of rotatable bonds is 3. The van der Waals surface area contributed by atoms with Crippen molar-refractivity contribution >= 4 is 23.4 Å². The Morgan fingerprint density at radius 3 is 2.31 bits per heavy atom. The molecule has 1 aromatic heterocycles. The van der Waals surface area contributed by atoms with Gasteiger partial charge < -0.3 is 20.0 Å². The lowest BCUT2D eigenvalue weighted by Crippen LogP contribution is -2.50. The average Bonchev–Trinajstić information content (AvgIpc) is 2.63. The summed E-state index contributed by atoms with van der Waals surface area (Å²) in [5, 5.41) is 2.96. The average molecular weight is 354 g/mol. The van der Waals surface area contributed by atoms with Crippen molar-refractivity contribution in [1.29, 1.82) is 0 Å². The fraction of sp³-hybridized carbons (Fsp3) is 0.421. The zero-order chi connectivity index (χ0) is 18.7. The Morgan fingerprint density at radius 1 is 1.04 bits per heavy atom.